The molecule has 1 aromatic carbocycles. The molecule has 3 N–H and O–H groups in total. The Labute approximate surface area is 86.1 Å². The van der Waals surface area contributed by atoms with E-state index in [-0.39, 0.29) is 18.4 Å². The molecule has 1 amide bonds. The van der Waals surface area contributed by atoms with Gasteiger partial charge in [0.15, 0.2) is 11.6 Å². The van der Waals surface area contributed by atoms with Crippen molar-refractivity contribution in [1.29, 1.82) is 0 Å². The molecule has 0 saturated carbocycles. The summed E-state index contributed by atoms with van der Waals surface area (Å²) >= 11 is 0. The maximum absolute atomic E-state index is 12.8. The van der Waals surface area contributed by atoms with Crippen molar-refractivity contribution in [2.75, 3.05) is 11.4 Å². The van der Waals surface area contributed by atoms with E-state index in [1.807, 2.05) is 0 Å². The molecule has 1 aromatic rings. The predicted molar refractivity (Wildman–Crippen MR) is 53.0 cm³/mol. The van der Waals surface area contributed by atoms with Gasteiger partial charge in [0.05, 0.1) is 0 Å². The molecule has 0 radical (unpaired) electrons. The van der Waals surface area contributed by atoms with E-state index in [0.29, 0.717) is 12.2 Å². The zero-order valence-electron chi connectivity index (χ0n) is 7.98. The van der Waals surface area contributed by atoms with Crippen molar-refractivity contribution in [2.45, 2.75) is 12.5 Å². The number of phenolic OH excluding ortho intramolecular Hbond substituents is 1. The molecule has 5 heteroatoms. The molecule has 1 aliphatic rings. The van der Waals surface area contributed by atoms with Crippen molar-refractivity contribution < 1.29 is 14.3 Å². The zero-order chi connectivity index (χ0) is 11.0. The van der Waals surface area contributed by atoms with Crippen molar-refractivity contribution in [3.05, 3.63) is 24.0 Å². The lowest BCUT2D eigenvalue weighted by Crippen LogP contribution is -2.27. The maximum Gasteiger partial charge on any atom is 0.228 e. The number of nitrogens with zero attached hydrogens (tertiary/aromatic N) is 1. The predicted octanol–water partition coefficient (Wildman–Crippen LogP) is 0.595. The highest BCUT2D eigenvalue weighted by molar-refractivity contribution is 5.96. The molecule has 0 bridgehead atoms. The number of nitrogens with two attached hydrogens (primary N) is 1. The van der Waals surface area contributed by atoms with Gasteiger partial charge in [-0.05, 0) is 12.1 Å². The largest absolute Gasteiger partial charge is 0.505 e. The Morgan fingerprint density at radius 3 is 2.80 bits per heavy atom. The normalized spacial score (nSPS) is 21.1. The molecule has 4 nitrogen and oxygen atoms in total. The number of carbonyl (C=O) groups is 1. The van der Waals surface area contributed by atoms with Crippen LogP contribution in [-0.2, 0) is 4.79 Å². The second kappa shape index (κ2) is 3.51. The van der Waals surface area contributed by atoms with Crippen molar-refractivity contribution in [2.24, 2.45) is 5.73 Å². The summed E-state index contributed by atoms with van der Waals surface area (Å²) < 4.78 is 12.8. The number of phenols is 1. The van der Waals surface area contributed by atoms with E-state index in [9.17, 15) is 9.18 Å². The van der Waals surface area contributed by atoms with Gasteiger partial charge in [-0.1, -0.05) is 0 Å². The van der Waals surface area contributed by atoms with E-state index >= 15 is 0 Å². The number of aromatic hydroxyl groups is 1. The number of amides is 1. The van der Waals surface area contributed by atoms with E-state index in [4.69, 9.17) is 10.8 Å². The first kappa shape index (κ1) is 9.92. The Balaban J connectivity index is 2.30. The van der Waals surface area contributed by atoms with E-state index in [0.717, 1.165) is 6.07 Å². The summed E-state index contributed by atoms with van der Waals surface area (Å²) in [6.07, 6.45) is 0.290. The third-order valence-electron chi connectivity index (χ3n) is 2.40. The summed E-state index contributed by atoms with van der Waals surface area (Å²) in [5.41, 5.74) is 6.10. The van der Waals surface area contributed by atoms with E-state index in [2.05, 4.69) is 0 Å². The minimum atomic E-state index is -0.699. The van der Waals surface area contributed by atoms with E-state index < -0.39 is 11.6 Å². The summed E-state index contributed by atoms with van der Waals surface area (Å²) in [6, 6.07) is 3.61. The number of hydrogen-bond donors (Lipinski definition) is 2. The van der Waals surface area contributed by atoms with Crippen LogP contribution in [0.15, 0.2) is 18.2 Å². The smallest absolute Gasteiger partial charge is 0.228 e. The molecule has 1 heterocycles. The Bertz CT molecular complexity index is 408. The maximum atomic E-state index is 12.8. The lowest BCUT2D eigenvalue weighted by atomic mass is 10.2. The summed E-state index contributed by atoms with van der Waals surface area (Å²) in [5.74, 6) is -1.26. The third kappa shape index (κ3) is 1.78. The highest BCUT2D eigenvalue weighted by Gasteiger charge is 2.28. The first-order chi connectivity index (χ1) is 7.08. The van der Waals surface area contributed by atoms with Gasteiger partial charge in [0, 0.05) is 30.8 Å². The van der Waals surface area contributed by atoms with E-state index in [1.165, 1.54) is 17.0 Å². The number of rotatable bonds is 1. The second-order valence-corrected chi connectivity index (χ2v) is 3.60. The lowest BCUT2D eigenvalue weighted by Gasteiger charge is -2.16. The molecular formula is C10H11FN2O2. The first-order valence-electron chi connectivity index (χ1n) is 4.62. The molecule has 1 unspecified atom stereocenters. The fraction of sp³-hybridized carbons (Fsp3) is 0.300. The van der Waals surface area contributed by atoms with Crippen LogP contribution in [0.5, 0.6) is 5.75 Å². The van der Waals surface area contributed by atoms with Gasteiger partial charge in [0.1, 0.15) is 0 Å². The van der Waals surface area contributed by atoms with Crippen LogP contribution >= 0.6 is 0 Å². The summed E-state index contributed by atoms with van der Waals surface area (Å²) in [7, 11) is 0. The number of halogens is 1. The molecule has 1 aliphatic heterocycles. The minimum Gasteiger partial charge on any atom is -0.505 e. The molecule has 80 valence electrons. The standard InChI is InChI=1S/C10H11FN2O2/c11-8-2-1-7(4-9(8)14)13-5-6(12)3-10(13)15/h1-2,4,6,14H,3,5,12H2. The van der Waals surface area contributed by atoms with Gasteiger partial charge in [-0.3, -0.25) is 4.79 Å². The summed E-state index contributed by atoms with van der Waals surface area (Å²) in [6.45, 7) is 0.407. The fourth-order valence-corrected chi connectivity index (χ4v) is 1.65. The zero-order valence-corrected chi connectivity index (χ0v) is 7.98. The number of anilines is 1. The molecule has 0 aliphatic carbocycles. The SMILES string of the molecule is NC1CC(=O)N(c2ccc(F)c(O)c2)C1. The van der Waals surface area contributed by atoms with Gasteiger partial charge in [-0.25, -0.2) is 4.39 Å². The number of carbonyl (C=O) groups excluding carboxylic acids is 1. The fourth-order valence-electron chi connectivity index (χ4n) is 1.65. The van der Waals surface area contributed by atoms with Gasteiger partial charge in [-0.2, -0.15) is 0 Å². The highest BCUT2D eigenvalue weighted by Crippen LogP contribution is 2.26. The van der Waals surface area contributed by atoms with Crippen LogP contribution in [0.1, 0.15) is 6.42 Å². The quantitative estimate of drug-likeness (QED) is 0.713. The number of hydrogen-bond acceptors (Lipinski definition) is 3. The molecule has 15 heavy (non-hydrogen) atoms. The van der Waals surface area contributed by atoms with Crippen LogP contribution < -0.4 is 10.6 Å². The van der Waals surface area contributed by atoms with Gasteiger partial charge >= 0.3 is 0 Å². The first-order valence-corrected chi connectivity index (χ1v) is 4.62. The van der Waals surface area contributed by atoms with Crippen LogP contribution in [0.3, 0.4) is 0 Å². The summed E-state index contributed by atoms with van der Waals surface area (Å²) in [4.78, 5) is 12.9. The minimum absolute atomic E-state index is 0.103. The Hall–Kier alpha value is -1.62. The molecule has 1 fully saturated rings. The van der Waals surface area contributed by atoms with Crippen molar-refractivity contribution in [3.63, 3.8) is 0 Å². The Morgan fingerprint density at radius 1 is 1.53 bits per heavy atom. The van der Waals surface area contributed by atoms with Crippen molar-refractivity contribution >= 4 is 11.6 Å². The topological polar surface area (TPSA) is 66.6 Å². The van der Waals surface area contributed by atoms with Gasteiger partial charge in [0.25, 0.3) is 0 Å². The van der Waals surface area contributed by atoms with Crippen LogP contribution in [0.4, 0.5) is 10.1 Å². The van der Waals surface area contributed by atoms with Crippen LogP contribution in [0.2, 0.25) is 0 Å². The second-order valence-electron chi connectivity index (χ2n) is 3.60. The lowest BCUT2D eigenvalue weighted by molar-refractivity contribution is -0.117. The molecule has 1 saturated heterocycles. The van der Waals surface area contributed by atoms with Crippen LogP contribution in [0.25, 0.3) is 0 Å². The highest BCUT2D eigenvalue weighted by atomic mass is 19.1. The average Bonchev–Trinajstić information content (AvgIpc) is 2.50. The van der Waals surface area contributed by atoms with Crippen LogP contribution in [-0.4, -0.2) is 23.6 Å². The van der Waals surface area contributed by atoms with E-state index in [1.54, 1.807) is 0 Å². The third-order valence-corrected chi connectivity index (χ3v) is 2.40. The van der Waals surface area contributed by atoms with Crippen molar-refractivity contribution in [3.8, 4) is 5.75 Å². The van der Waals surface area contributed by atoms with Crippen molar-refractivity contribution in [1.82, 2.24) is 0 Å². The van der Waals surface area contributed by atoms with Gasteiger partial charge in [-0.15, -0.1) is 0 Å². The monoisotopic (exact) mass is 210 g/mol. The average molecular weight is 210 g/mol. The molecule has 0 aromatic heterocycles. The van der Waals surface area contributed by atoms with Gasteiger partial charge < -0.3 is 15.7 Å². The van der Waals surface area contributed by atoms with Gasteiger partial charge in [0.2, 0.25) is 5.91 Å². The molecule has 2 rings (SSSR count). The Morgan fingerprint density at radius 2 is 2.27 bits per heavy atom. The molecule has 1 atom stereocenters. The van der Waals surface area contributed by atoms with Crippen LogP contribution in [0, 0.1) is 5.82 Å². The number of benzene rings is 1. The summed E-state index contributed by atoms with van der Waals surface area (Å²) in [5, 5.41) is 9.17. The Kier molecular flexibility index (Phi) is 2.32. The molecule has 0 spiro atoms. The molecular weight excluding hydrogens is 199 g/mol.